The monoisotopic (exact) mass is 595 g/mol. The van der Waals surface area contributed by atoms with E-state index >= 15 is 0 Å². The first-order valence-electron chi connectivity index (χ1n) is 13.2. The third-order valence-electron chi connectivity index (χ3n) is 7.74. The summed E-state index contributed by atoms with van der Waals surface area (Å²) in [5, 5.41) is 24.5. The van der Waals surface area contributed by atoms with E-state index < -0.39 is 23.7 Å². The highest BCUT2D eigenvalue weighted by molar-refractivity contribution is 7.10. The van der Waals surface area contributed by atoms with Crippen molar-refractivity contribution in [3.63, 3.8) is 0 Å². The molecule has 2 aromatic heterocycles. The van der Waals surface area contributed by atoms with Crippen LogP contribution < -0.4 is 5.11 Å². The molecule has 3 aromatic rings. The van der Waals surface area contributed by atoms with Crippen LogP contribution in [-0.4, -0.2) is 60.0 Å². The number of halogens is 3. The maximum Gasteiger partial charge on any atom is 0.430 e. The number of fused-ring (bicyclic) bond motifs is 3. The van der Waals surface area contributed by atoms with Gasteiger partial charge in [0.2, 0.25) is 5.60 Å². The highest BCUT2D eigenvalue weighted by Crippen LogP contribution is 2.38. The Balaban J connectivity index is 0.000000470. The molecular weight excluding hydrogens is 563 g/mol. The van der Waals surface area contributed by atoms with Crippen LogP contribution in [0.15, 0.2) is 65.4 Å². The third kappa shape index (κ3) is 7.51. The van der Waals surface area contributed by atoms with Gasteiger partial charge in [0, 0.05) is 41.4 Å². The number of carbonyl (C=O) groups excluding carboxylic acids is 2. The normalized spacial score (nSPS) is 23.5. The van der Waals surface area contributed by atoms with Gasteiger partial charge < -0.3 is 24.2 Å². The molecule has 216 valence electrons. The SMILES string of the molecule is O=C(O[C@H]1C[N+]2(CCCc3cccs3)CCC1CC2)C(O)(Cc1ccccc1)c1cccs1.O=C([O-])C(F)(F)F. The summed E-state index contributed by atoms with van der Waals surface area (Å²) in [5.74, 6) is -3.09. The molecule has 3 aliphatic rings. The van der Waals surface area contributed by atoms with Gasteiger partial charge in [-0.3, -0.25) is 0 Å². The Morgan fingerprint density at radius 3 is 2.23 bits per heavy atom. The molecule has 0 amide bonds. The zero-order chi connectivity index (χ0) is 28.8. The Hall–Kier alpha value is -2.73. The van der Waals surface area contributed by atoms with Gasteiger partial charge in [-0.2, -0.15) is 13.2 Å². The number of aliphatic carboxylic acids is 1. The lowest BCUT2D eigenvalue weighted by Gasteiger charge is -2.52. The van der Waals surface area contributed by atoms with Gasteiger partial charge >= 0.3 is 12.1 Å². The van der Waals surface area contributed by atoms with Crippen LogP contribution in [-0.2, 0) is 32.8 Å². The molecule has 1 N–H and O–H groups in total. The van der Waals surface area contributed by atoms with Gasteiger partial charge in [-0.1, -0.05) is 42.5 Å². The standard InChI is InChI=1S/C27H32NO3S2.C2HF3O2/c29-26(27(30,25-11-6-18-33-25)19-21-7-2-1-3-8-21)31-24-20-28(15-12-22(24)13-16-28)14-4-9-23-10-5-17-32-23;3-2(4,5)1(6)7/h1-3,5-8,10-11,17-18,22,24,30H,4,9,12-16,19-20H2;(H,6,7)/q+1;/p-1/t22?,24-,27?,28?;/m0./s1. The molecule has 11 heteroatoms. The van der Waals surface area contributed by atoms with Crippen molar-refractivity contribution in [3.05, 3.63) is 80.7 Å². The number of hydrogen-bond acceptors (Lipinski definition) is 7. The minimum Gasteiger partial charge on any atom is -0.542 e. The van der Waals surface area contributed by atoms with Crippen LogP contribution in [0.25, 0.3) is 0 Å². The number of esters is 1. The topological polar surface area (TPSA) is 86.7 Å². The van der Waals surface area contributed by atoms with E-state index in [9.17, 15) is 23.1 Å². The molecule has 1 unspecified atom stereocenters. The van der Waals surface area contributed by atoms with E-state index in [1.807, 2.05) is 59.2 Å². The molecule has 1 aromatic carbocycles. The van der Waals surface area contributed by atoms with Gasteiger partial charge in [-0.25, -0.2) is 4.79 Å². The van der Waals surface area contributed by atoms with Crippen LogP contribution in [0.2, 0.25) is 0 Å². The molecule has 0 radical (unpaired) electrons. The average molecular weight is 596 g/mol. The lowest BCUT2D eigenvalue weighted by Crippen LogP contribution is -2.65. The number of aliphatic hydroxyl groups is 1. The van der Waals surface area contributed by atoms with Crippen LogP contribution in [0.4, 0.5) is 13.2 Å². The fraction of sp³-hybridized carbons (Fsp3) is 0.448. The van der Waals surface area contributed by atoms with Crippen LogP contribution in [0.5, 0.6) is 0 Å². The zero-order valence-electron chi connectivity index (χ0n) is 21.8. The summed E-state index contributed by atoms with van der Waals surface area (Å²) < 4.78 is 38.8. The maximum absolute atomic E-state index is 13.5. The van der Waals surface area contributed by atoms with Crippen LogP contribution in [0.3, 0.4) is 0 Å². The second-order valence-electron chi connectivity index (χ2n) is 10.4. The summed E-state index contributed by atoms with van der Waals surface area (Å²) in [5.41, 5.74) is -0.720. The highest BCUT2D eigenvalue weighted by Gasteiger charge is 2.50. The maximum atomic E-state index is 13.5. The molecule has 2 bridgehead atoms. The number of alkyl halides is 3. The number of piperidine rings is 3. The number of carboxylic acid groups (broad SMARTS) is 1. The smallest absolute Gasteiger partial charge is 0.430 e. The Morgan fingerprint density at radius 1 is 1.00 bits per heavy atom. The lowest BCUT2D eigenvalue weighted by molar-refractivity contribution is -0.946. The van der Waals surface area contributed by atoms with Gasteiger partial charge in [-0.15, -0.1) is 22.7 Å². The number of hydrogen-bond donors (Lipinski definition) is 1. The van der Waals surface area contributed by atoms with E-state index in [0.717, 1.165) is 42.4 Å². The van der Waals surface area contributed by atoms with Gasteiger partial charge in [0.25, 0.3) is 0 Å². The van der Waals surface area contributed by atoms with E-state index in [2.05, 4.69) is 17.5 Å². The average Bonchev–Trinajstić information content (AvgIpc) is 3.65. The fourth-order valence-electron chi connectivity index (χ4n) is 5.61. The van der Waals surface area contributed by atoms with E-state index in [1.54, 1.807) is 0 Å². The van der Waals surface area contributed by atoms with Crippen molar-refractivity contribution in [2.75, 3.05) is 26.2 Å². The van der Waals surface area contributed by atoms with E-state index in [0.29, 0.717) is 10.8 Å². The van der Waals surface area contributed by atoms with Gasteiger partial charge in [0.1, 0.15) is 12.5 Å². The Labute approximate surface area is 239 Å². The number of thiophene rings is 2. The van der Waals surface area contributed by atoms with E-state index in [1.165, 1.54) is 35.7 Å². The summed E-state index contributed by atoms with van der Waals surface area (Å²) in [6.45, 7) is 4.38. The number of rotatable bonds is 9. The summed E-state index contributed by atoms with van der Waals surface area (Å²) >= 11 is 3.24. The quantitative estimate of drug-likeness (QED) is 0.294. The number of aryl methyl sites for hydroxylation is 1. The molecule has 3 saturated heterocycles. The van der Waals surface area contributed by atoms with Crippen LogP contribution >= 0.6 is 22.7 Å². The highest BCUT2D eigenvalue weighted by atomic mass is 32.1. The number of nitrogens with zero attached hydrogens (tertiary/aromatic N) is 1. The summed E-state index contributed by atoms with van der Waals surface area (Å²) in [7, 11) is 0. The molecule has 40 heavy (non-hydrogen) atoms. The molecule has 5 heterocycles. The molecule has 0 aliphatic carbocycles. The second-order valence-corrected chi connectivity index (χ2v) is 12.4. The number of carbonyl (C=O) groups is 2. The molecule has 0 spiro atoms. The third-order valence-corrected chi connectivity index (χ3v) is 9.69. The van der Waals surface area contributed by atoms with Crippen molar-refractivity contribution in [2.45, 2.75) is 50.0 Å². The van der Waals surface area contributed by atoms with Crippen molar-refractivity contribution < 1.29 is 42.2 Å². The summed E-state index contributed by atoms with van der Waals surface area (Å²) in [6.07, 6.45) is -0.574. The van der Waals surface area contributed by atoms with Gasteiger partial charge in [0.05, 0.1) is 19.6 Å². The number of carboxylic acids is 1. The largest absolute Gasteiger partial charge is 0.542 e. The Bertz CT molecular complexity index is 1230. The van der Waals surface area contributed by atoms with Crippen LogP contribution in [0, 0.1) is 5.92 Å². The molecule has 0 saturated carbocycles. The number of ether oxygens (including phenoxy) is 1. The minimum atomic E-state index is -5.19. The van der Waals surface area contributed by atoms with Crippen molar-refractivity contribution in [1.82, 2.24) is 0 Å². The predicted octanol–water partition coefficient (Wildman–Crippen LogP) is 4.32. The van der Waals surface area contributed by atoms with Crippen LogP contribution in [0.1, 0.15) is 34.6 Å². The first kappa shape index (κ1) is 30.2. The van der Waals surface area contributed by atoms with Crippen molar-refractivity contribution >= 4 is 34.6 Å². The van der Waals surface area contributed by atoms with Crippen molar-refractivity contribution in [1.29, 1.82) is 0 Å². The Morgan fingerprint density at radius 2 is 1.65 bits per heavy atom. The summed E-state index contributed by atoms with van der Waals surface area (Å²) in [6, 6.07) is 17.8. The van der Waals surface area contributed by atoms with E-state index in [4.69, 9.17) is 14.6 Å². The van der Waals surface area contributed by atoms with Crippen molar-refractivity contribution in [3.8, 4) is 0 Å². The number of benzene rings is 1. The Kier molecular flexibility index (Phi) is 9.71. The first-order chi connectivity index (χ1) is 19.0. The number of quaternary nitrogens is 1. The fourth-order valence-corrected chi connectivity index (χ4v) is 7.18. The molecule has 2 atom stereocenters. The lowest BCUT2D eigenvalue weighted by atomic mass is 9.82. The van der Waals surface area contributed by atoms with Gasteiger partial charge in [0.15, 0.2) is 6.10 Å². The van der Waals surface area contributed by atoms with Crippen molar-refractivity contribution in [2.24, 2.45) is 5.92 Å². The van der Waals surface area contributed by atoms with E-state index in [-0.39, 0.29) is 12.5 Å². The molecular formula is C29H32F3NO5S2. The predicted molar refractivity (Wildman–Crippen MR) is 144 cm³/mol. The first-order valence-corrected chi connectivity index (χ1v) is 14.9. The summed E-state index contributed by atoms with van der Waals surface area (Å²) in [4.78, 5) is 24.4. The molecule has 6 rings (SSSR count). The molecule has 3 fully saturated rings. The minimum absolute atomic E-state index is 0.107. The molecule has 6 nitrogen and oxygen atoms in total. The van der Waals surface area contributed by atoms with Gasteiger partial charge in [-0.05, 0) is 34.9 Å². The molecule has 3 aliphatic heterocycles. The second kappa shape index (κ2) is 12.8. The zero-order valence-corrected chi connectivity index (χ0v) is 23.5.